The molecule has 1 aliphatic rings. The molecule has 0 radical (unpaired) electrons. The highest BCUT2D eigenvalue weighted by molar-refractivity contribution is 5.79. The normalized spacial score (nSPS) is 15.4. The van der Waals surface area contributed by atoms with Crippen LogP contribution >= 0.6 is 0 Å². The second-order valence-electron chi connectivity index (χ2n) is 8.88. The fraction of sp³-hybridized carbons (Fsp3) is 0.455. The van der Waals surface area contributed by atoms with Gasteiger partial charge in [-0.15, -0.1) is 0 Å². The molecule has 2 aromatic heterocycles. The van der Waals surface area contributed by atoms with Crippen molar-refractivity contribution in [3.63, 3.8) is 0 Å². The number of aromatic hydroxyl groups is 1. The number of benzene rings is 1. The third-order valence-electron chi connectivity index (χ3n) is 5.27. The van der Waals surface area contributed by atoms with E-state index in [1.807, 2.05) is 31.6 Å². The SMILES string of the molecule is CC(C)(C)OC(=O)N1CCC(Cn2cc(-c3cnc4ccc(O)c(F)c4n3)cn2)CC1. The number of nitrogens with zero attached hydrogens (tertiary/aromatic N) is 5. The maximum absolute atomic E-state index is 14.2. The molecular weight excluding hydrogens is 401 g/mol. The molecule has 1 amide bonds. The topological polar surface area (TPSA) is 93.4 Å². The minimum absolute atomic E-state index is 0.0276. The van der Waals surface area contributed by atoms with E-state index < -0.39 is 17.2 Å². The van der Waals surface area contributed by atoms with Crippen LogP contribution < -0.4 is 0 Å². The molecule has 9 heteroatoms. The summed E-state index contributed by atoms with van der Waals surface area (Å²) in [7, 11) is 0. The molecule has 1 aromatic carbocycles. The number of phenolic OH excluding ortho intramolecular Hbond substituents is 1. The van der Waals surface area contributed by atoms with Crippen molar-refractivity contribution in [3.8, 4) is 17.0 Å². The molecule has 1 N–H and O–H groups in total. The number of phenols is 1. The molecule has 1 fully saturated rings. The largest absolute Gasteiger partial charge is 0.505 e. The Morgan fingerprint density at radius 1 is 1.26 bits per heavy atom. The molecule has 0 saturated carbocycles. The number of ether oxygens (including phenoxy) is 1. The fourth-order valence-electron chi connectivity index (χ4n) is 3.66. The number of hydrogen-bond donors (Lipinski definition) is 1. The molecule has 0 unspecified atom stereocenters. The van der Waals surface area contributed by atoms with E-state index in [1.54, 1.807) is 17.3 Å². The number of likely N-dealkylation sites (tertiary alicyclic amines) is 1. The minimum atomic E-state index is -0.781. The van der Waals surface area contributed by atoms with Gasteiger partial charge < -0.3 is 14.7 Å². The summed E-state index contributed by atoms with van der Waals surface area (Å²) >= 11 is 0. The van der Waals surface area contributed by atoms with Crippen LogP contribution in [0.25, 0.3) is 22.3 Å². The maximum Gasteiger partial charge on any atom is 0.410 e. The molecule has 3 heterocycles. The van der Waals surface area contributed by atoms with Crippen LogP contribution in [0.15, 0.2) is 30.7 Å². The average Bonchev–Trinajstić information content (AvgIpc) is 3.18. The molecule has 3 aromatic rings. The lowest BCUT2D eigenvalue weighted by Gasteiger charge is -2.33. The average molecular weight is 427 g/mol. The maximum atomic E-state index is 14.2. The van der Waals surface area contributed by atoms with Crippen LogP contribution in [-0.2, 0) is 11.3 Å². The summed E-state index contributed by atoms with van der Waals surface area (Å²) in [6, 6.07) is 2.79. The summed E-state index contributed by atoms with van der Waals surface area (Å²) in [5.74, 6) is -0.841. The molecule has 31 heavy (non-hydrogen) atoms. The van der Waals surface area contributed by atoms with E-state index in [2.05, 4.69) is 15.1 Å². The number of hydrogen-bond acceptors (Lipinski definition) is 6. The van der Waals surface area contributed by atoms with Gasteiger partial charge in [-0.05, 0) is 51.7 Å². The van der Waals surface area contributed by atoms with Crippen molar-refractivity contribution in [2.45, 2.75) is 45.8 Å². The molecule has 0 aliphatic carbocycles. The molecule has 0 bridgehead atoms. The van der Waals surface area contributed by atoms with Gasteiger partial charge in [0.2, 0.25) is 0 Å². The lowest BCUT2D eigenvalue weighted by Crippen LogP contribution is -2.42. The van der Waals surface area contributed by atoms with Crippen molar-refractivity contribution >= 4 is 17.1 Å². The lowest BCUT2D eigenvalue weighted by molar-refractivity contribution is 0.0177. The first-order valence-corrected chi connectivity index (χ1v) is 10.3. The van der Waals surface area contributed by atoms with Crippen LogP contribution in [0.3, 0.4) is 0 Å². The highest BCUT2D eigenvalue weighted by Crippen LogP contribution is 2.26. The second kappa shape index (κ2) is 8.13. The predicted octanol–water partition coefficient (Wildman–Crippen LogP) is 3.99. The Morgan fingerprint density at radius 3 is 2.71 bits per heavy atom. The quantitative estimate of drug-likeness (QED) is 0.679. The Labute approximate surface area is 179 Å². The van der Waals surface area contributed by atoms with Crippen molar-refractivity contribution in [1.82, 2.24) is 24.6 Å². The van der Waals surface area contributed by atoms with Crippen LogP contribution in [0.4, 0.5) is 9.18 Å². The Bertz CT molecular complexity index is 1100. The number of aromatic nitrogens is 4. The number of carbonyl (C=O) groups excluding carboxylic acids is 1. The molecular formula is C22H26FN5O3. The third-order valence-corrected chi connectivity index (χ3v) is 5.27. The van der Waals surface area contributed by atoms with Gasteiger partial charge in [-0.25, -0.2) is 14.2 Å². The van der Waals surface area contributed by atoms with Gasteiger partial charge in [0, 0.05) is 31.4 Å². The summed E-state index contributed by atoms with van der Waals surface area (Å²) in [6.45, 7) is 7.63. The minimum Gasteiger partial charge on any atom is -0.505 e. The first-order valence-electron chi connectivity index (χ1n) is 10.3. The van der Waals surface area contributed by atoms with E-state index in [9.17, 15) is 14.3 Å². The highest BCUT2D eigenvalue weighted by Gasteiger charge is 2.27. The zero-order chi connectivity index (χ0) is 22.2. The zero-order valence-corrected chi connectivity index (χ0v) is 17.9. The molecule has 0 atom stereocenters. The molecule has 1 saturated heterocycles. The monoisotopic (exact) mass is 427 g/mol. The van der Waals surface area contributed by atoms with Crippen molar-refractivity contribution in [1.29, 1.82) is 0 Å². The number of halogens is 1. The number of fused-ring (bicyclic) bond motifs is 1. The predicted molar refractivity (Wildman–Crippen MR) is 113 cm³/mol. The Kier molecular flexibility index (Phi) is 5.51. The summed E-state index contributed by atoms with van der Waals surface area (Å²) in [4.78, 5) is 22.5. The molecule has 0 spiro atoms. The second-order valence-corrected chi connectivity index (χ2v) is 8.88. The van der Waals surface area contributed by atoms with E-state index in [0.717, 1.165) is 24.9 Å². The van der Waals surface area contributed by atoms with E-state index in [0.29, 0.717) is 30.2 Å². The molecule has 8 nitrogen and oxygen atoms in total. The Morgan fingerprint density at radius 2 is 2.00 bits per heavy atom. The zero-order valence-electron chi connectivity index (χ0n) is 17.9. The number of piperidine rings is 1. The summed E-state index contributed by atoms with van der Waals surface area (Å²) in [5.41, 5.74) is 1.13. The van der Waals surface area contributed by atoms with Crippen LogP contribution in [0.2, 0.25) is 0 Å². The van der Waals surface area contributed by atoms with Crippen molar-refractivity contribution in [3.05, 3.63) is 36.5 Å². The molecule has 4 rings (SSSR count). The van der Waals surface area contributed by atoms with E-state index in [-0.39, 0.29) is 11.6 Å². The van der Waals surface area contributed by atoms with E-state index in [4.69, 9.17) is 4.74 Å². The van der Waals surface area contributed by atoms with Crippen molar-refractivity contribution < 1.29 is 19.0 Å². The Balaban J connectivity index is 1.40. The molecule has 1 aliphatic heterocycles. The smallest absolute Gasteiger partial charge is 0.410 e. The van der Waals surface area contributed by atoms with Gasteiger partial charge in [-0.2, -0.15) is 5.10 Å². The van der Waals surface area contributed by atoms with Gasteiger partial charge in [0.15, 0.2) is 11.6 Å². The Hall–Kier alpha value is -3.23. The van der Waals surface area contributed by atoms with E-state index >= 15 is 0 Å². The first-order chi connectivity index (χ1) is 14.7. The van der Waals surface area contributed by atoms with Gasteiger partial charge in [-0.3, -0.25) is 9.67 Å². The first kappa shape index (κ1) is 21.0. The number of amides is 1. The van der Waals surface area contributed by atoms with Crippen LogP contribution in [0.1, 0.15) is 33.6 Å². The fourth-order valence-corrected chi connectivity index (χ4v) is 3.66. The van der Waals surface area contributed by atoms with Crippen molar-refractivity contribution in [2.75, 3.05) is 13.1 Å². The van der Waals surface area contributed by atoms with Gasteiger partial charge in [0.25, 0.3) is 0 Å². The van der Waals surface area contributed by atoms with E-state index in [1.165, 1.54) is 12.1 Å². The van der Waals surface area contributed by atoms with Gasteiger partial charge in [0.1, 0.15) is 11.1 Å². The summed E-state index contributed by atoms with van der Waals surface area (Å²) in [5, 5.41) is 14.0. The third kappa shape index (κ3) is 4.76. The standard InChI is InChI=1S/C22H26FN5O3/c1-22(2,3)31-21(30)27-8-6-14(7-9-27)12-28-13-15(10-25-28)17-11-24-16-4-5-18(29)19(23)20(16)26-17/h4-5,10-11,13-14,29H,6-9,12H2,1-3H3. The van der Waals surface area contributed by atoms with Gasteiger partial charge in [0.05, 0.1) is 23.6 Å². The van der Waals surface area contributed by atoms with Crippen LogP contribution in [-0.4, -0.2) is 54.5 Å². The summed E-state index contributed by atoms with van der Waals surface area (Å²) < 4.78 is 21.5. The van der Waals surface area contributed by atoms with Crippen LogP contribution in [0, 0.1) is 11.7 Å². The molecule has 164 valence electrons. The summed E-state index contributed by atoms with van der Waals surface area (Å²) in [6.07, 6.45) is 6.58. The number of carbonyl (C=O) groups is 1. The van der Waals surface area contributed by atoms with Gasteiger partial charge >= 0.3 is 6.09 Å². The highest BCUT2D eigenvalue weighted by atomic mass is 19.1. The lowest BCUT2D eigenvalue weighted by atomic mass is 9.97. The van der Waals surface area contributed by atoms with Gasteiger partial charge in [-0.1, -0.05) is 0 Å². The van der Waals surface area contributed by atoms with Crippen LogP contribution in [0.5, 0.6) is 5.75 Å². The number of rotatable bonds is 3. The van der Waals surface area contributed by atoms with Crippen molar-refractivity contribution in [2.24, 2.45) is 5.92 Å².